The van der Waals surface area contributed by atoms with E-state index in [-0.39, 0.29) is 5.57 Å². The van der Waals surface area contributed by atoms with Crippen LogP contribution < -0.4 is 10.1 Å². The van der Waals surface area contributed by atoms with E-state index in [0.29, 0.717) is 13.0 Å². The van der Waals surface area contributed by atoms with Gasteiger partial charge >= 0.3 is 0 Å². The van der Waals surface area contributed by atoms with Gasteiger partial charge in [-0.25, -0.2) is 0 Å². The molecule has 0 saturated carbocycles. The largest absolute Gasteiger partial charge is 0.496 e. The van der Waals surface area contributed by atoms with Gasteiger partial charge in [-0.3, -0.25) is 4.79 Å². The van der Waals surface area contributed by atoms with Crippen molar-refractivity contribution < 1.29 is 9.53 Å². The molecule has 0 aliphatic rings. The van der Waals surface area contributed by atoms with Gasteiger partial charge in [-0.2, -0.15) is 5.26 Å². The second-order valence-corrected chi connectivity index (χ2v) is 5.40. The average Bonchev–Trinajstić information content (AvgIpc) is 2.65. The van der Waals surface area contributed by atoms with Crippen LogP contribution in [0.2, 0.25) is 0 Å². The summed E-state index contributed by atoms with van der Waals surface area (Å²) in [5.74, 6) is 0.358. The van der Waals surface area contributed by atoms with Gasteiger partial charge in [0.05, 0.1) is 7.11 Å². The summed E-state index contributed by atoms with van der Waals surface area (Å²) in [5.41, 5.74) is 2.76. The predicted octanol–water partition coefficient (Wildman–Crippen LogP) is 3.65. The van der Waals surface area contributed by atoms with Crippen LogP contribution in [0.4, 0.5) is 0 Å². The number of benzene rings is 2. The molecule has 2 rings (SSSR count). The summed E-state index contributed by atoms with van der Waals surface area (Å²) < 4.78 is 5.31. The minimum atomic E-state index is -0.396. The fourth-order valence-electron chi connectivity index (χ4n) is 2.39. The summed E-state index contributed by atoms with van der Waals surface area (Å²) in [6.07, 6.45) is 4.00. The molecule has 1 N–H and O–H groups in total. The van der Waals surface area contributed by atoms with Gasteiger partial charge in [0, 0.05) is 6.54 Å². The zero-order chi connectivity index (χ0) is 18.1. The van der Waals surface area contributed by atoms with E-state index in [9.17, 15) is 10.1 Å². The second-order valence-electron chi connectivity index (χ2n) is 5.40. The fourth-order valence-corrected chi connectivity index (χ4v) is 2.39. The van der Waals surface area contributed by atoms with E-state index < -0.39 is 5.91 Å². The van der Waals surface area contributed by atoms with E-state index in [2.05, 4.69) is 11.9 Å². The van der Waals surface area contributed by atoms with Gasteiger partial charge in [0.25, 0.3) is 5.91 Å². The first kappa shape index (κ1) is 18.0. The highest BCUT2D eigenvalue weighted by Gasteiger charge is 2.10. The molecule has 0 spiro atoms. The molecule has 0 radical (unpaired) electrons. The van der Waals surface area contributed by atoms with Crippen molar-refractivity contribution in [2.75, 3.05) is 7.11 Å². The summed E-state index contributed by atoms with van der Waals surface area (Å²) >= 11 is 0. The molecule has 0 bridgehead atoms. The summed E-state index contributed by atoms with van der Waals surface area (Å²) in [5, 5.41) is 12.1. The number of carbonyl (C=O) groups is 1. The average molecular weight is 332 g/mol. The molecule has 0 saturated heterocycles. The Kier molecular flexibility index (Phi) is 6.56. The molecule has 4 heteroatoms. The standard InChI is InChI=1S/C21H20N2O2/c1-3-7-18-12-17(10-11-20(18)25-2)13-19(14-22)21(24)23-15-16-8-5-4-6-9-16/h3-6,8-13H,1,7,15H2,2H3,(H,23,24)/b19-13-. The maximum atomic E-state index is 12.2. The summed E-state index contributed by atoms with van der Waals surface area (Å²) in [4.78, 5) is 12.2. The van der Waals surface area contributed by atoms with Crippen LogP contribution in [0.15, 0.2) is 66.8 Å². The Bertz CT molecular complexity index is 818. The highest BCUT2D eigenvalue weighted by atomic mass is 16.5. The molecule has 1 amide bonds. The third-order valence-corrected chi connectivity index (χ3v) is 3.64. The van der Waals surface area contributed by atoms with Crippen molar-refractivity contribution in [2.24, 2.45) is 0 Å². The normalized spacial score (nSPS) is 10.6. The van der Waals surface area contributed by atoms with Crippen LogP contribution in [0.1, 0.15) is 16.7 Å². The van der Waals surface area contributed by atoms with Gasteiger partial charge in [-0.05, 0) is 41.3 Å². The summed E-state index contributed by atoms with van der Waals surface area (Å²) in [6.45, 7) is 4.11. The predicted molar refractivity (Wildman–Crippen MR) is 98.8 cm³/mol. The van der Waals surface area contributed by atoms with Crippen molar-refractivity contribution in [1.29, 1.82) is 5.26 Å². The van der Waals surface area contributed by atoms with Crippen LogP contribution in [0.5, 0.6) is 5.75 Å². The number of hydrogen-bond acceptors (Lipinski definition) is 3. The Morgan fingerprint density at radius 3 is 2.68 bits per heavy atom. The number of methoxy groups -OCH3 is 1. The minimum Gasteiger partial charge on any atom is -0.496 e. The molecular formula is C21H20N2O2. The minimum absolute atomic E-state index is 0.0608. The number of rotatable bonds is 7. The van der Waals surface area contributed by atoms with E-state index in [1.807, 2.05) is 54.6 Å². The van der Waals surface area contributed by atoms with E-state index in [1.54, 1.807) is 19.3 Å². The van der Waals surface area contributed by atoms with Crippen molar-refractivity contribution in [1.82, 2.24) is 5.32 Å². The van der Waals surface area contributed by atoms with Gasteiger partial charge in [-0.15, -0.1) is 6.58 Å². The molecule has 2 aromatic carbocycles. The molecular weight excluding hydrogens is 312 g/mol. The van der Waals surface area contributed by atoms with E-state index in [1.165, 1.54) is 0 Å². The third kappa shape index (κ3) is 5.08. The number of amides is 1. The molecule has 126 valence electrons. The maximum Gasteiger partial charge on any atom is 0.262 e. The van der Waals surface area contributed by atoms with Crippen LogP contribution in [0, 0.1) is 11.3 Å². The lowest BCUT2D eigenvalue weighted by Gasteiger charge is -2.08. The molecule has 25 heavy (non-hydrogen) atoms. The number of nitrogens with zero attached hydrogens (tertiary/aromatic N) is 1. The number of nitriles is 1. The van der Waals surface area contributed by atoms with Crippen molar-refractivity contribution in [3.8, 4) is 11.8 Å². The first-order chi connectivity index (χ1) is 12.2. The first-order valence-electron chi connectivity index (χ1n) is 7.89. The van der Waals surface area contributed by atoms with Gasteiger partial charge in [-0.1, -0.05) is 42.5 Å². The van der Waals surface area contributed by atoms with Crippen LogP contribution in [-0.4, -0.2) is 13.0 Å². The molecule has 0 atom stereocenters. The van der Waals surface area contributed by atoms with E-state index in [4.69, 9.17) is 4.74 Å². The van der Waals surface area contributed by atoms with Gasteiger partial charge in [0.1, 0.15) is 17.4 Å². The smallest absolute Gasteiger partial charge is 0.262 e. The molecule has 0 unspecified atom stereocenters. The van der Waals surface area contributed by atoms with Crippen molar-refractivity contribution in [2.45, 2.75) is 13.0 Å². The second kappa shape index (κ2) is 9.09. The van der Waals surface area contributed by atoms with Crippen molar-refractivity contribution in [3.63, 3.8) is 0 Å². The van der Waals surface area contributed by atoms with E-state index in [0.717, 1.165) is 22.4 Å². The SMILES string of the molecule is C=CCc1cc(/C=C(/C#N)C(=O)NCc2ccccc2)ccc1OC. The number of carbonyl (C=O) groups excluding carboxylic acids is 1. The Hall–Kier alpha value is -3.32. The number of nitrogens with one attached hydrogen (secondary N) is 1. The molecule has 2 aromatic rings. The molecule has 0 aliphatic carbocycles. The Balaban J connectivity index is 2.16. The lowest BCUT2D eigenvalue weighted by atomic mass is 10.0. The lowest BCUT2D eigenvalue weighted by molar-refractivity contribution is -0.117. The van der Waals surface area contributed by atoms with Crippen LogP contribution in [-0.2, 0) is 17.8 Å². The zero-order valence-corrected chi connectivity index (χ0v) is 14.2. The molecule has 0 aliphatic heterocycles. The lowest BCUT2D eigenvalue weighted by Crippen LogP contribution is -2.23. The number of allylic oxidation sites excluding steroid dienone is 1. The number of ether oxygens (including phenoxy) is 1. The van der Waals surface area contributed by atoms with Crippen LogP contribution in [0.25, 0.3) is 6.08 Å². The van der Waals surface area contributed by atoms with Crippen molar-refractivity contribution in [3.05, 3.63) is 83.4 Å². The highest BCUT2D eigenvalue weighted by Crippen LogP contribution is 2.22. The Morgan fingerprint density at radius 2 is 2.04 bits per heavy atom. The Labute approximate surface area is 148 Å². The van der Waals surface area contributed by atoms with Gasteiger partial charge in [0.2, 0.25) is 0 Å². The highest BCUT2D eigenvalue weighted by molar-refractivity contribution is 6.01. The summed E-state index contributed by atoms with van der Waals surface area (Å²) in [6, 6.07) is 17.0. The maximum absolute atomic E-state index is 12.2. The van der Waals surface area contributed by atoms with E-state index >= 15 is 0 Å². The molecule has 0 heterocycles. The van der Waals surface area contributed by atoms with Crippen LogP contribution in [0.3, 0.4) is 0 Å². The van der Waals surface area contributed by atoms with Crippen molar-refractivity contribution >= 4 is 12.0 Å². The van der Waals surface area contributed by atoms with Gasteiger partial charge < -0.3 is 10.1 Å². The Morgan fingerprint density at radius 1 is 1.28 bits per heavy atom. The van der Waals surface area contributed by atoms with Crippen LogP contribution >= 0.6 is 0 Å². The first-order valence-corrected chi connectivity index (χ1v) is 7.89. The zero-order valence-electron chi connectivity index (χ0n) is 14.2. The number of hydrogen-bond donors (Lipinski definition) is 1. The quantitative estimate of drug-likeness (QED) is 0.478. The topological polar surface area (TPSA) is 62.1 Å². The molecule has 0 fully saturated rings. The van der Waals surface area contributed by atoms with Gasteiger partial charge in [0.15, 0.2) is 0 Å². The molecule has 0 aromatic heterocycles. The third-order valence-electron chi connectivity index (χ3n) is 3.64. The monoisotopic (exact) mass is 332 g/mol. The summed E-state index contributed by atoms with van der Waals surface area (Å²) in [7, 11) is 1.61. The fraction of sp³-hybridized carbons (Fsp3) is 0.143. The molecule has 4 nitrogen and oxygen atoms in total.